The second-order valence-electron chi connectivity index (χ2n) is 5.14. The summed E-state index contributed by atoms with van der Waals surface area (Å²) in [5, 5.41) is 7.22. The van der Waals surface area contributed by atoms with E-state index in [4.69, 9.17) is 11.6 Å². The molecule has 0 bridgehead atoms. The van der Waals surface area contributed by atoms with Gasteiger partial charge in [0.25, 0.3) is 0 Å². The molecule has 1 heterocycles. The Hall–Kier alpha value is -2.59. The minimum absolute atomic E-state index is 0.536. The smallest absolute Gasteiger partial charge is 0.229 e. The molecule has 0 atom stereocenters. The average Bonchev–Trinajstić information content (AvgIpc) is 2.59. The Morgan fingerprint density at radius 1 is 1.00 bits per heavy atom. The number of rotatable bonds is 5. The van der Waals surface area contributed by atoms with Crippen LogP contribution in [0.1, 0.15) is 11.1 Å². The number of halogens is 1. The molecular formula is C18H17ClN4. The molecule has 2 N–H and O–H groups in total. The summed E-state index contributed by atoms with van der Waals surface area (Å²) in [5.74, 6) is 1.31. The second kappa shape index (κ2) is 7.11. The first-order chi connectivity index (χ1) is 11.2. The molecule has 3 rings (SSSR count). The Kier molecular flexibility index (Phi) is 4.74. The van der Waals surface area contributed by atoms with Crippen molar-refractivity contribution >= 4 is 29.1 Å². The quantitative estimate of drug-likeness (QED) is 0.708. The van der Waals surface area contributed by atoms with Crippen LogP contribution in [-0.2, 0) is 6.54 Å². The molecule has 23 heavy (non-hydrogen) atoms. The number of hydrogen-bond donors (Lipinski definition) is 2. The molecule has 0 amide bonds. The van der Waals surface area contributed by atoms with E-state index in [1.165, 1.54) is 5.56 Å². The van der Waals surface area contributed by atoms with Crippen LogP contribution in [0.2, 0.25) is 5.02 Å². The second-order valence-corrected chi connectivity index (χ2v) is 5.55. The van der Waals surface area contributed by atoms with E-state index in [9.17, 15) is 0 Å². The number of aromatic nitrogens is 2. The first kappa shape index (κ1) is 15.3. The molecule has 0 aliphatic carbocycles. The highest BCUT2D eigenvalue weighted by Crippen LogP contribution is 2.25. The highest BCUT2D eigenvalue weighted by molar-refractivity contribution is 6.31. The maximum atomic E-state index is 6.14. The molecule has 0 fully saturated rings. The van der Waals surface area contributed by atoms with Crippen LogP contribution in [0.3, 0.4) is 0 Å². The first-order valence-electron chi connectivity index (χ1n) is 7.35. The van der Waals surface area contributed by atoms with Crippen LogP contribution < -0.4 is 10.6 Å². The fourth-order valence-electron chi connectivity index (χ4n) is 2.17. The number of nitrogens with zero attached hydrogens (tertiary/aromatic N) is 2. The van der Waals surface area contributed by atoms with Gasteiger partial charge < -0.3 is 10.6 Å². The van der Waals surface area contributed by atoms with Crippen LogP contribution in [0, 0.1) is 6.92 Å². The maximum Gasteiger partial charge on any atom is 0.229 e. The molecule has 1 aromatic heterocycles. The molecule has 116 valence electrons. The van der Waals surface area contributed by atoms with Crippen LogP contribution in [0.4, 0.5) is 17.5 Å². The van der Waals surface area contributed by atoms with Crippen LogP contribution in [0.5, 0.6) is 0 Å². The minimum Gasteiger partial charge on any atom is -0.366 e. The highest BCUT2D eigenvalue weighted by atomic mass is 35.5. The largest absolute Gasteiger partial charge is 0.366 e. The number of nitrogens with one attached hydrogen (secondary N) is 2. The third-order valence-corrected chi connectivity index (χ3v) is 3.90. The van der Waals surface area contributed by atoms with Crippen LogP contribution in [-0.4, -0.2) is 9.97 Å². The zero-order chi connectivity index (χ0) is 16.1. The molecule has 0 aliphatic rings. The predicted octanol–water partition coefficient (Wildman–Crippen LogP) is 4.79. The predicted molar refractivity (Wildman–Crippen MR) is 95.3 cm³/mol. The molecule has 4 nitrogen and oxygen atoms in total. The zero-order valence-corrected chi connectivity index (χ0v) is 13.5. The van der Waals surface area contributed by atoms with E-state index < -0.39 is 0 Å². The standard InChI is InChI=1S/C18H17ClN4/c1-13-15(19)8-5-9-16(13)22-18-20-11-10-17(23-18)21-12-14-6-3-2-4-7-14/h2-11H,12H2,1H3,(H2,20,21,22,23). The lowest BCUT2D eigenvalue weighted by Crippen LogP contribution is -2.04. The van der Waals surface area contributed by atoms with Crippen molar-refractivity contribution in [1.29, 1.82) is 0 Å². The van der Waals surface area contributed by atoms with E-state index in [2.05, 4.69) is 32.7 Å². The third-order valence-electron chi connectivity index (χ3n) is 3.49. The number of anilines is 3. The van der Waals surface area contributed by atoms with Gasteiger partial charge in [-0.1, -0.05) is 48.0 Å². The fourth-order valence-corrected chi connectivity index (χ4v) is 2.34. The fraction of sp³-hybridized carbons (Fsp3) is 0.111. The van der Waals surface area contributed by atoms with Gasteiger partial charge in [0.1, 0.15) is 5.82 Å². The van der Waals surface area contributed by atoms with Crippen LogP contribution in [0.25, 0.3) is 0 Å². The van der Waals surface area contributed by atoms with E-state index >= 15 is 0 Å². The van der Waals surface area contributed by atoms with E-state index in [-0.39, 0.29) is 0 Å². The Morgan fingerprint density at radius 2 is 1.83 bits per heavy atom. The Morgan fingerprint density at radius 3 is 2.65 bits per heavy atom. The molecule has 0 saturated carbocycles. The summed E-state index contributed by atoms with van der Waals surface area (Å²) >= 11 is 6.14. The lowest BCUT2D eigenvalue weighted by Gasteiger charge is -2.11. The van der Waals surface area contributed by atoms with Crippen molar-refractivity contribution in [1.82, 2.24) is 9.97 Å². The molecule has 5 heteroatoms. The van der Waals surface area contributed by atoms with Gasteiger partial charge >= 0.3 is 0 Å². The van der Waals surface area contributed by atoms with E-state index in [0.717, 1.165) is 17.1 Å². The van der Waals surface area contributed by atoms with E-state index in [0.29, 0.717) is 17.5 Å². The van der Waals surface area contributed by atoms with Crippen molar-refractivity contribution in [3.63, 3.8) is 0 Å². The van der Waals surface area contributed by atoms with Crippen molar-refractivity contribution in [3.8, 4) is 0 Å². The zero-order valence-electron chi connectivity index (χ0n) is 12.8. The van der Waals surface area contributed by atoms with Crippen LogP contribution in [0.15, 0.2) is 60.8 Å². The first-order valence-corrected chi connectivity index (χ1v) is 7.73. The van der Waals surface area contributed by atoms with Gasteiger partial charge in [0, 0.05) is 23.5 Å². The maximum absolute atomic E-state index is 6.14. The summed E-state index contributed by atoms with van der Waals surface area (Å²) in [6, 6.07) is 17.7. The molecular weight excluding hydrogens is 308 g/mol. The summed E-state index contributed by atoms with van der Waals surface area (Å²) in [6.45, 7) is 2.68. The molecule has 0 saturated heterocycles. The molecule has 0 unspecified atom stereocenters. The van der Waals surface area contributed by atoms with Crippen molar-refractivity contribution in [2.24, 2.45) is 0 Å². The van der Waals surface area contributed by atoms with Gasteiger partial charge in [-0.2, -0.15) is 4.98 Å². The lowest BCUT2D eigenvalue weighted by atomic mass is 10.2. The van der Waals surface area contributed by atoms with Gasteiger partial charge in [0.15, 0.2) is 0 Å². The topological polar surface area (TPSA) is 49.8 Å². The summed E-state index contributed by atoms with van der Waals surface area (Å²) in [7, 11) is 0. The molecule has 0 aliphatic heterocycles. The SMILES string of the molecule is Cc1c(Cl)cccc1Nc1nccc(NCc2ccccc2)n1. The van der Waals surface area contributed by atoms with Gasteiger partial charge in [0.05, 0.1) is 0 Å². The van der Waals surface area contributed by atoms with Gasteiger partial charge in [-0.05, 0) is 36.2 Å². The summed E-state index contributed by atoms with van der Waals surface area (Å²) < 4.78 is 0. The number of benzene rings is 2. The lowest BCUT2D eigenvalue weighted by molar-refractivity contribution is 1.08. The van der Waals surface area contributed by atoms with E-state index in [1.54, 1.807) is 6.20 Å². The average molecular weight is 325 g/mol. The van der Waals surface area contributed by atoms with Crippen molar-refractivity contribution in [2.75, 3.05) is 10.6 Å². The van der Waals surface area contributed by atoms with Gasteiger partial charge in [0.2, 0.25) is 5.95 Å². The van der Waals surface area contributed by atoms with Gasteiger partial charge in [-0.3, -0.25) is 0 Å². The van der Waals surface area contributed by atoms with Crippen LogP contribution >= 0.6 is 11.6 Å². The van der Waals surface area contributed by atoms with Crippen molar-refractivity contribution < 1.29 is 0 Å². The Bertz CT molecular complexity index is 790. The highest BCUT2D eigenvalue weighted by Gasteiger charge is 2.05. The van der Waals surface area contributed by atoms with E-state index in [1.807, 2.05) is 49.4 Å². The summed E-state index contributed by atoms with van der Waals surface area (Å²) in [4.78, 5) is 8.73. The Balaban J connectivity index is 1.71. The Labute approximate surface area is 140 Å². The van der Waals surface area contributed by atoms with Crippen molar-refractivity contribution in [2.45, 2.75) is 13.5 Å². The monoisotopic (exact) mass is 324 g/mol. The van der Waals surface area contributed by atoms with Crippen molar-refractivity contribution in [3.05, 3.63) is 76.9 Å². The third kappa shape index (κ3) is 3.99. The molecule has 0 spiro atoms. The summed E-state index contributed by atoms with van der Waals surface area (Å²) in [6.07, 6.45) is 1.72. The molecule has 0 radical (unpaired) electrons. The summed E-state index contributed by atoms with van der Waals surface area (Å²) in [5.41, 5.74) is 3.07. The molecule has 3 aromatic rings. The van der Waals surface area contributed by atoms with Gasteiger partial charge in [-0.15, -0.1) is 0 Å². The van der Waals surface area contributed by atoms with Gasteiger partial charge in [-0.25, -0.2) is 4.98 Å². The minimum atomic E-state index is 0.536. The normalized spacial score (nSPS) is 10.3. The molecule has 2 aromatic carbocycles. The number of hydrogen-bond acceptors (Lipinski definition) is 4.